The second-order valence-corrected chi connectivity index (χ2v) is 4.85. The number of nitrogens with zero attached hydrogens (tertiary/aromatic N) is 1. The lowest BCUT2D eigenvalue weighted by Crippen LogP contribution is -2.36. The van der Waals surface area contributed by atoms with Crippen LogP contribution < -0.4 is 5.32 Å². The SMILES string of the molecule is CCN(CC)CCNC(C(=O)OC)c1ccc(C)cc1. The fraction of sp³-hybridized carbons (Fsp3) is 0.562. The molecular formula is C16H26N2O2. The van der Waals surface area contributed by atoms with E-state index < -0.39 is 6.04 Å². The summed E-state index contributed by atoms with van der Waals surface area (Å²) in [6.07, 6.45) is 0. The summed E-state index contributed by atoms with van der Waals surface area (Å²) in [5, 5.41) is 3.29. The zero-order valence-electron chi connectivity index (χ0n) is 13.0. The number of carbonyl (C=O) groups excluding carboxylic acids is 1. The predicted molar refractivity (Wildman–Crippen MR) is 81.7 cm³/mol. The van der Waals surface area contributed by atoms with Crippen LogP contribution in [0.1, 0.15) is 31.0 Å². The van der Waals surface area contributed by atoms with Crippen molar-refractivity contribution in [1.82, 2.24) is 10.2 Å². The van der Waals surface area contributed by atoms with Crippen LogP contribution in [-0.4, -0.2) is 44.2 Å². The molecule has 0 spiro atoms. The van der Waals surface area contributed by atoms with Gasteiger partial charge in [-0.25, -0.2) is 4.79 Å². The molecule has 0 amide bonds. The molecule has 0 aromatic heterocycles. The topological polar surface area (TPSA) is 41.6 Å². The number of nitrogens with one attached hydrogen (secondary N) is 1. The minimum absolute atomic E-state index is 0.242. The molecule has 0 aliphatic heterocycles. The van der Waals surface area contributed by atoms with Crippen molar-refractivity contribution in [2.24, 2.45) is 0 Å². The average molecular weight is 278 g/mol. The van der Waals surface area contributed by atoms with Gasteiger partial charge in [0.05, 0.1) is 7.11 Å². The molecule has 0 saturated heterocycles. The number of hydrogen-bond acceptors (Lipinski definition) is 4. The van der Waals surface area contributed by atoms with E-state index in [0.717, 1.165) is 31.7 Å². The molecule has 0 heterocycles. The highest BCUT2D eigenvalue weighted by Crippen LogP contribution is 2.15. The fourth-order valence-corrected chi connectivity index (χ4v) is 2.12. The van der Waals surface area contributed by atoms with E-state index in [4.69, 9.17) is 4.74 Å². The van der Waals surface area contributed by atoms with Gasteiger partial charge >= 0.3 is 5.97 Å². The minimum atomic E-state index is -0.392. The lowest BCUT2D eigenvalue weighted by Gasteiger charge is -2.21. The monoisotopic (exact) mass is 278 g/mol. The third-order valence-corrected chi connectivity index (χ3v) is 3.52. The number of aryl methyl sites for hydroxylation is 1. The number of carbonyl (C=O) groups is 1. The highest BCUT2D eigenvalue weighted by atomic mass is 16.5. The first-order valence-corrected chi connectivity index (χ1v) is 7.22. The molecule has 4 heteroatoms. The number of esters is 1. The Morgan fingerprint density at radius 1 is 1.25 bits per heavy atom. The van der Waals surface area contributed by atoms with E-state index in [9.17, 15) is 4.79 Å². The maximum absolute atomic E-state index is 11.9. The van der Waals surface area contributed by atoms with Crippen LogP contribution in [0.5, 0.6) is 0 Å². The van der Waals surface area contributed by atoms with Gasteiger partial charge in [0.15, 0.2) is 0 Å². The summed E-state index contributed by atoms with van der Waals surface area (Å²) in [5.74, 6) is -0.242. The molecule has 0 radical (unpaired) electrons. The Morgan fingerprint density at radius 3 is 2.35 bits per heavy atom. The van der Waals surface area contributed by atoms with Crippen molar-refractivity contribution in [2.75, 3.05) is 33.3 Å². The second-order valence-electron chi connectivity index (χ2n) is 4.85. The van der Waals surface area contributed by atoms with Crippen molar-refractivity contribution < 1.29 is 9.53 Å². The largest absolute Gasteiger partial charge is 0.468 e. The fourth-order valence-electron chi connectivity index (χ4n) is 2.12. The number of hydrogen-bond donors (Lipinski definition) is 1. The number of likely N-dealkylation sites (N-methyl/N-ethyl adjacent to an activating group) is 1. The van der Waals surface area contributed by atoms with Crippen LogP contribution in [0.25, 0.3) is 0 Å². The Kier molecular flexibility index (Phi) is 7.26. The van der Waals surface area contributed by atoms with Crippen LogP contribution in [0.4, 0.5) is 0 Å². The van der Waals surface area contributed by atoms with E-state index in [-0.39, 0.29) is 5.97 Å². The van der Waals surface area contributed by atoms with Crippen molar-refractivity contribution in [3.8, 4) is 0 Å². The summed E-state index contributed by atoms with van der Waals surface area (Å²) in [6.45, 7) is 10.0. The quantitative estimate of drug-likeness (QED) is 0.740. The molecule has 20 heavy (non-hydrogen) atoms. The van der Waals surface area contributed by atoms with Gasteiger partial charge in [0.1, 0.15) is 6.04 Å². The Balaban J connectivity index is 2.66. The van der Waals surface area contributed by atoms with Gasteiger partial charge in [-0.05, 0) is 25.6 Å². The zero-order chi connectivity index (χ0) is 15.0. The van der Waals surface area contributed by atoms with E-state index >= 15 is 0 Å². The first-order valence-electron chi connectivity index (χ1n) is 7.22. The Hall–Kier alpha value is -1.39. The molecule has 0 saturated carbocycles. The first-order chi connectivity index (χ1) is 9.62. The number of methoxy groups -OCH3 is 1. The summed E-state index contributed by atoms with van der Waals surface area (Å²) in [7, 11) is 1.43. The lowest BCUT2D eigenvalue weighted by molar-refractivity contribution is -0.143. The Labute approximate surface area is 122 Å². The third kappa shape index (κ3) is 4.94. The van der Waals surface area contributed by atoms with Crippen LogP contribution in [-0.2, 0) is 9.53 Å². The summed E-state index contributed by atoms with van der Waals surface area (Å²) >= 11 is 0. The van der Waals surface area contributed by atoms with E-state index in [0.29, 0.717) is 0 Å². The maximum atomic E-state index is 11.9. The molecule has 0 fully saturated rings. The number of benzene rings is 1. The smallest absolute Gasteiger partial charge is 0.327 e. The van der Waals surface area contributed by atoms with Crippen molar-refractivity contribution in [1.29, 1.82) is 0 Å². The summed E-state index contributed by atoms with van der Waals surface area (Å²) in [6, 6.07) is 7.58. The molecule has 1 aromatic carbocycles. The molecule has 4 nitrogen and oxygen atoms in total. The van der Waals surface area contributed by atoms with Gasteiger partial charge in [0.25, 0.3) is 0 Å². The molecule has 1 unspecified atom stereocenters. The van der Waals surface area contributed by atoms with Gasteiger partial charge in [0.2, 0.25) is 0 Å². The summed E-state index contributed by atoms with van der Waals surface area (Å²) in [5.41, 5.74) is 2.13. The van der Waals surface area contributed by atoms with Crippen LogP contribution in [0.15, 0.2) is 24.3 Å². The molecular weight excluding hydrogens is 252 g/mol. The second kappa shape index (κ2) is 8.72. The highest BCUT2D eigenvalue weighted by Gasteiger charge is 2.20. The molecule has 0 aliphatic rings. The molecule has 112 valence electrons. The molecule has 0 bridgehead atoms. The summed E-state index contributed by atoms with van der Waals surface area (Å²) in [4.78, 5) is 14.2. The van der Waals surface area contributed by atoms with Gasteiger partial charge in [-0.1, -0.05) is 43.7 Å². The number of rotatable bonds is 8. The van der Waals surface area contributed by atoms with Crippen molar-refractivity contribution in [2.45, 2.75) is 26.8 Å². The lowest BCUT2D eigenvalue weighted by atomic mass is 10.1. The normalized spacial score (nSPS) is 12.4. The van der Waals surface area contributed by atoms with Crippen LogP contribution in [0, 0.1) is 6.92 Å². The first kappa shape index (κ1) is 16.7. The molecule has 1 atom stereocenters. The predicted octanol–water partition coefficient (Wildman–Crippen LogP) is 2.14. The van der Waals surface area contributed by atoms with E-state index in [1.165, 1.54) is 12.7 Å². The van der Waals surface area contributed by atoms with E-state index in [1.807, 2.05) is 31.2 Å². The number of ether oxygens (including phenoxy) is 1. The van der Waals surface area contributed by atoms with Gasteiger partial charge in [-0.2, -0.15) is 0 Å². The maximum Gasteiger partial charge on any atom is 0.327 e. The average Bonchev–Trinajstić information content (AvgIpc) is 2.48. The van der Waals surface area contributed by atoms with Crippen molar-refractivity contribution in [3.63, 3.8) is 0 Å². The van der Waals surface area contributed by atoms with Gasteiger partial charge in [-0.15, -0.1) is 0 Å². The standard InChI is InChI=1S/C16H26N2O2/c1-5-18(6-2)12-11-17-15(16(19)20-4)14-9-7-13(3)8-10-14/h7-10,15,17H,5-6,11-12H2,1-4H3. The van der Waals surface area contributed by atoms with E-state index in [1.54, 1.807) is 0 Å². The molecule has 1 rings (SSSR count). The van der Waals surface area contributed by atoms with Crippen molar-refractivity contribution in [3.05, 3.63) is 35.4 Å². The van der Waals surface area contributed by atoms with Gasteiger partial charge < -0.3 is 9.64 Å². The Morgan fingerprint density at radius 2 is 1.85 bits per heavy atom. The van der Waals surface area contributed by atoms with Crippen LogP contribution >= 0.6 is 0 Å². The Bertz CT molecular complexity index is 399. The highest BCUT2D eigenvalue weighted by molar-refractivity contribution is 5.77. The molecule has 1 N–H and O–H groups in total. The molecule has 1 aromatic rings. The summed E-state index contributed by atoms with van der Waals surface area (Å²) < 4.78 is 4.89. The van der Waals surface area contributed by atoms with Gasteiger partial charge in [-0.3, -0.25) is 5.32 Å². The van der Waals surface area contributed by atoms with Crippen LogP contribution in [0.2, 0.25) is 0 Å². The third-order valence-electron chi connectivity index (χ3n) is 3.52. The van der Waals surface area contributed by atoms with Crippen molar-refractivity contribution >= 4 is 5.97 Å². The van der Waals surface area contributed by atoms with Crippen LogP contribution in [0.3, 0.4) is 0 Å². The van der Waals surface area contributed by atoms with Gasteiger partial charge in [0, 0.05) is 13.1 Å². The minimum Gasteiger partial charge on any atom is -0.468 e. The zero-order valence-corrected chi connectivity index (χ0v) is 13.0. The van der Waals surface area contributed by atoms with E-state index in [2.05, 4.69) is 24.1 Å². The molecule has 0 aliphatic carbocycles.